The standard InChI is InChI=1S/C39H39N3O7S/c1-2-46-34(44)23-41-38(45)40-22-26-13-19-31(20-14-26)37-47-32(21-33(48-37)28-17-15-27(24-43)16-18-28)25-50-39-42-35(29-9-5-3-6-10-29)36(49-39)30-11-7-4-8-12-30/h3-20,32-33,37,43H,2,21-25H2,1H3,(H2,40,41,45)/t32-,33+,37+/m1/s1. The van der Waals surface area contributed by atoms with Crippen molar-refractivity contribution in [2.45, 2.75) is 50.2 Å². The average Bonchev–Trinajstić information content (AvgIpc) is 3.61. The predicted octanol–water partition coefficient (Wildman–Crippen LogP) is 7.20. The molecule has 0 unspecified atom stereocenters. The first kappa shape index (κ1) is 34.9. The minimum absolute atomic E-state index is 0.0306. The largest absolute Gasteiger partial charge is 0.465 e. The highest BCUT2D eigenvalue weighted by atomic mass is 32.2. The van der Waals surface area contributed by atoms with Crippen molar-refractivity contribution in [2.75, 3.05) is 18.9 Å². The van der Waals surface area contributed by atoms with E-state index in [0.717, 1.165) is 44.8 Å². The van der Waals surface area contributed by atoms with Crippen molar-refractivity contribution < 1.29 is 33.3 Å². The molecular formula is C39H39N3O7S. The number of aromatic nitrogens is 1. The van der Waals surface area contributed by atoms with E-state index in [1.165, 1.54) is 11.8 Å². The maximum Gasteiger partial charge on any atom is 0.325 e. The second kappa shape index (κ2) is 17.1. The van der Waals surface area contributed by atoms with Gasteiger partial charge in [-0.1, -0.05) is 121 Å². The van der Waals surface area contributed by atoms with Crippen LogP contribution in [0.3, 0.4) is 0 Å². The van der Waals surface area contributed by atoms with Gasteiger partial charge in [-0.25, -0.2) is 9.78 Å². The number of nitrogens with one attached hydrogen (secondary N) is 2. The number of aliphatic hydroxyl groups excluding tert-OH is 1. The smallest absolute Gasteiger partial charge is 0.325 e. The lowest BCUT2D eigenvalue weighted by molar-refractivity contribution is -0.245. The summed E-state index contributed by atoms with van der Waals surface area (Å²) in [6.45, 7) is 2.01. The highest BCUT2D eigenvalue weighted by Crippen LogP contribution is 2.41. The lowest BCUT2D eigenvalue weighted by Crippen LogP contribution is -2.38. The number of rotatable bonds is 13. The fourth-order valence-electron chi connectivity index (χ4n) is 5.53. The van der Waals surface area contributed by atoms with Gasteiger partial charge in [0.1, 0.15) is 12.2 Å². The molecule has 3 atom stereocenters. The van der Waals surface area contributed by atoms with Crippen molar-refractivity contribution >= 4 is 23.8 Å². The Balaban J connectivity index is 1.16. The van der Waals surface area contributed by atoms with Gasteiger partial charge in [-0.2, -0.15) is 0 Å². The molecule has 6 rings (SSSR count). The van der Waals surface area contributed by atoms with Gasteiger partial charge in [-0.05, 0) is 23.6 Å². The molecule has 2 amide bonds. The van der Waals surface area contributed by atoms with Crippen LogP contribution in [0.25, 0.3) is 22.6 Å². The van der Waals surface area contributed by atoms with E-state index in [1.54, 1.807) is 6.92 Å². The molecule has 1 aromatic heterocycles. The van der Waals surface area contributed by atoms with Gasteiger partial charge in [-0.15, -0.1) is 0 Å². The molecule has 0 radical (unpaired) electrons. The number of benzene rings is 4. The van der Waals surface area contributed by atoms with Crippen molar-refractivity contribution in [2.24, 2.45) is 0 Å². The van der Waals surface area contributed by atoms with Gasteiger partial charge in [0, 0.05) is 35.4 Å². The van der Waals surface area contributed by atoms with Crippen molar-refractivity contribution in [1.82, 2.24) is 15.6 Å². The normalized spacial score (nSPS) is 17.2. The van der Waals surface area contributed by atoms with E-state index in [4.69, 9.17) is 23.6 Å². The molecule has 0 aliphatic carbocycles. The number of aliphatic hydroxyl groups is 1. The topological polar surface area (TPSA) is 132 Å². The Morgan fingerprint density at radius 1 is 0.840 bits per heavy atom. The van der Waals surface area contributed by atoms with E-state index in [9.17, 15) is 14.7 Å². The number of oxazole rings is 1. The summed E-state index contributed by atoms with van der Waals surface area (Å²) in [6.07, 6.45) is -0.474. The van der Waals surface area contributed by atoms with Crippen molar-refractivity contribution in [3.8, 4) is 22.6 Å². The summed E-state index contributed by atoms with van der Waals surface area (Å²) in [4.78, 5) is 28.5. The van der Waals surface area contributed by atoms with Crippen LogP contribution in [0.5, 0.6) is 0 Å². The molecule has 10 nitrogen and oxygen atoms in total. The highest BCUT2D eigenvalue weighted by molar-refractivity contribution is 7.99. The lowest BCUT2D eigenvalue weighted by atomic mass is 10.0. The Hall–Kier alpha value is -4.94. The predicted molar refractivity (Wildman–Crippen MR) is 190 cm³/mol. The first-order valence-corrected chi connectivity index (χ1v) is 17.5. The molecule has 0 bridgehead atoms. The number of carbonyl (C=O) groups excluding carboxylic acids is 2. The molecule has 1 saturated heterocycles. The SMILES string of the molecule is CCOC(=O)CNC(=O)NCc1ccc([C@H]2O[C@@H](CSc3nc(-c4ccccc4)c(-c4ccccc4)o3)C[C@@H](c3ccc(CO)cc3)O2)cc1. The van der Waals surface area contributed by atoms with Crippen LogP contribution in [0.4, 0.5) is 4.79 Å². The van der Waals surface area contributed by atoms with Gasteiger partial charge in [0.15, 0.2) is 12.1 Å². The summed E-state index contributed by atoms with van der Waals surface area (Å²) in [5, 5.41) is 15.3. The van der Waals surface area contributed by atoms with E-state index in [2.05, 4.69) is 10.6 Å². The molecule has 4 aromatic carbocycles. The van der Waals surface area contributed by atoms with Gasteiger partial charge >= 0.3 is 12.0 Å². The van der Waals surface area contributed by atoms with E-state index in [1.807, 2.05) is 109 Å². The Bertz CT molecular complexity index is 1780. The second-order valence-corrected chi connectivity index (χ2v) is 12.6. The third kappa shape index (κ3) is 9.19. The quantitative estimate of drug-likeness (QED) is 0.0865. The molecule has 5 aromatic rings. The highest BCUT2D eigenvalue weighted by Gasteiger charge is 2.33. The fraction of sp³-hybridized carbons (Fsp3) is 0.256. The van der Waals surface area contributed by atoms with E-state index in [-0.39, 0.29) is 38.5 Å². The monoisotopic (exact) mass is 693 g/mol. The molecule has 50 heavy (non-hydrogen) atoms. The maximum atomic E-state index is 12.1. The zero-order valence-corrected chi connectivity index (χ0v) is 28.4. The van der Waals surface area contributed by atoms with Crippen LogP contribution in [0.1, 0.15) is 48.0 Å². The van der Waals surface area contributed by atoms with Crippen LogP contribution in [0.2, 0.25) is 0 Å². The van der Waals surface area contributed by atoms with E-state index in [0.29, 0.717) is 17.4 Å². The number of urea groups is 1. The van der Waals surface area contributed by atoms with Crippen LogP contribution < -0.4 is 10.6 Å². The zero-order valence-electron chi connectivity index (χ0n) is 27.6. The Morgan fingerprint density at radius 2 is 1.50 bits per heavy atom. The molecule has 2 heterocycles. The summed E-state index contributed by atoms with van der Waals surface area (Å²) in [7, 11) is 0. The first-order chi connectivity index (χ1) is 24.5. The van der Waals surface area contributed by atoms with Gasteiger partial charge < -0.3 is 34.4 Å². The minimum atomic E-state index is -0.643. The summed E-state index contributed by atoms with van der Waals surface area (Å²) < 4.78 is 24.2. The minimum Gasteiger partial charge on any atom is -0.465 e. The van der Waals surface area contributed by atoms with Crippen LogP contribution in [0.15, 0.2) is 119 Å². The van der Waals surface area contributed by atoms with Gasteiger partial charge in [0.2, 0.25) is 0 Å². The third-order valence-electron chi connectivity index (χ3n) is 8.10. The van der Waals surface area contributed by atoms with Gasteiger partial charge in [-0.3, -0.25) is 4.79 Å². The number of carbonyl (C=O) groups is 2. The van der Waals surface area contributed by atoms with Crippen molar-refractivity contribution in [3.63, 3.8) is 0 Å². The molecule has 11 heteroatoms. The Morgan fingerprint density at radius 3 is 2.18 bits per heavy atom. The molecule has 258 valence electrons. The Labute approximate surface area is 295 Å². The number of thioether (sulfide) groups is 1. The molecule has 0 spiro atoms. The maximum absolute atomic E-state index is 12.1. The van der Waals surface area contributed by atoms with Gasteiger partial charge in [0.25, 0.3) is 5.22 Å². The molecule has 0 saturated carbocycles. The van der Waals surface area contributed by atoms with E-state index >= 15 is 0 Å². The second-order valence-electron chi connectivity index (χ2n) is 11.6. The number of hydrogen-bond acceptors (Lipinski definition) is 9. The number of amides is 2. The number of hydrogen-bond donors (Lipinski definition) is 3. The summed E-state index contributed by atoms with van der Waals surface area (Å²) >= 11 is 1.51. The summed E-state index contributed by atoms with van der Waals surface area (Å²) in [5.41, 5.74) is 6.25. The number of ether oxygens (including phenoxy) is 3. The van der Waals surface area contributed by atoms with Crippen molar-refractivity contribution in [3.05, 3.63) is 131 Å². The molecule has 1 aliphatic heterocycles. The third-order valence-corrected chi connectivity index (χ3v) is 9.06. The average molecular weight is 694 g/mol. The van der Waals surface area contributed by atoms with Crippen molar-refractivity contribution in [1.29, 1.82) is 0 Å². The summed E-state index contributed by atoms with van der Waals surface area (Å²) in [5.74, 6) is 0.808. The van der Waals surface area contributed by atoms with Gasteiger partial charge in [0.05, 0.1) is 25.4 Å². The number of nitrogens with zero attached hydrogens (tertiary/aromatic N) is 1. The van der Waals surface area contributed by atoms with Crippen LogP contribution >= 0.6 is 11.8 Å². The molecular weight excluding hydrogens is 655 g/mol. The lowest BCUT2D eigenvalue weighted by Gasteiger charge is -2.36. The van der Waals surface area contributed by atoms with Crippen LogP contribution in [-0.4, -0.2) is 47.1 Å². The first-order valence-electron chi connectivity index (χ1n) is 16.5. The Kier molecular flexibility index (Phi) is 12.0. The molecule has 1 aliphatic rings. The molecule has 3 N–H and O–H groups in total. The summed E-state index contributed by atoms with van der Waals surface area (Å²) in [6, 6.07) is 34.9. The fourth-order valence-corrected chi connectivity index (χ4v) is 6.37. The van der Waals surface area contributed by atoms with Crippen LogP contribution in [-0.2, 0) is 32.2 Å². The molecule has 1 fully saturated rings. The van der Waals surface area contributed by atoms with Crippen LogP contribution in [0, 0.1) is 0 Å². The van der Waals surface area contributed by atoms with E-state index < -0.39 is 18.3 Å². The zero-order chi connectivity index (χ0) is 34.7. The number of esters is 1.